The summed E-state index contributed by atoms with van der Waals surface area (Å²) in [6.07, 6.45) is 1.50. The maximum atomic E-state index is 5.58. The summed E-state index contributed by atoms with van der Waals surface area (Å²) in [5, 5.41) is 7.98. The fourth-order valence-electron chi connectivity index (χ4n) is 1.68. The maximum Gasteiger partial charge on any atom is 0.269 e. The van der Waals surface area contributed by atoms with Crippen molar-refractivity contribution in [2.75, 3.05) is 0 Å². The third kappa shape index (κ3) is 1.90. The van der Waals surface area contributed by atoms with Crippen LogP contribution in [0.1, 0.15) is 11.5 Å². The van der Waals surface area contributed by atoms with E-state index >= 15 is 0 Å². The molecule has 3 aromatic rings. The first-order chi connectivity index (χ1) is 8.72. The van der Waals surface area contributed by atoms with Crippen LogP contribution < -0.4 is 0 Å². The molecule has 0 atom stereocenters. The second-order valence-electron chi connectivity index (χ2n) is 4.03. The van der Waals surface area contributed by atoms with E-state index in [0.717, 1.165) is 11.1 Å². The Bertz CT molecular complexity index is 685. The van der Waals surface area contributed by atoms with E-state index in [2.05, 4.69) is 15.2 Å². The van der Waals surface area contributed by atoms with Gasteiger partial charge in [0.15, 0.2) is 11.6 Å². The van der Waals surface area contributed by atoms with E-state index in [-0.39, 0.29) is 0 Å². The molecule has 0 aliphatic rings. The highest BCUT2D eigenvalue weighted by molar-refractivity contribution is 5.56. The summed E-state index contributed by atoms with van der Waals surface area (Å²) in [4.78, 5) is 4.14. The quantitative estimate of drug-likeness (QED) is 0.690. The summed E-state index contributed by atoms with van der Waals surface area (Å²) < 4.78 is 10.7. The van der Waals surface area contributed by atoms with Gasteiger partial charge in [0, 0.05) is 12.5 Å². The lowest BCUT2D eigenvalue weighted by molar-refractivity contribution is 0.521. The van der Waals surface area contributed by atoms with Crippen molar-refractivity contribution < 1.29 is 8.83 Å². The Morgan fingerprint density at radius 3 is 2.61 bits per heavy atom. The molecule has 2 heterocycles. The van der Waals surface area contributed by atoms with Crippen molar-refractivity contribution in [3.63, 3.8) is 0 Å². The molecule has 0 aliphatic carbocycles. The van der Waals surface area contributed by atoms with Crippen LogP contribution in [0.2, 0.25) is 0 Å². The van der Waals surface area contributed by atoms with E-state index in [9.17, 15) is 0 Å². The van der Waals surface area contributed by atoms with Crippen LogP contribution in [0.5, 0.6) is 0 Å². The first-order valence-electron chi connectivity index (χ1n) is 5.55. The molecule has 5 heteroatoms. The van der Waals surface area contributed by atoms with Gasteiger partial charge in [-0.25, -0.2) is 4.98 Å². The molecule has 3 rings (SSSR count). The molecule has 2 aromatic heterocycles. The summed E-state index contributed by atoms with van der Waals surface area (Å²) in [6.45, 7) is 3.78. The van der Waals surface area contributed by atoms with Crippen molar-refractivity contribution in [2.24, 2.45) is 0 Å². The standard InChI is InChI=1S/C13H11N3O2/c1-8-4-3-5-10(6-8)12-15-16-13(18-12)11-7-17-9(2)14-11/h3-7H,1-2H3. The second kappa shape index (κ2) is 4.10. The number of nitrogens with zero attached hydrogens (tertiary/aromatic N) is 3. The van der Waals surface area contributed by atoms with Crippen molar-refractivity contribution in [3.05, 3.63) is 42.0 Å². The van der Waals surface area contributed by atoms with Crippen molar-refractivity contribution in [1.82, 2.24) is 15.2 Å². The van der Waals surface area contributed by atoms with Crippen molar-refractivity contribution >= 4 is 0 Å². The number of benzene rings is 1. The second-order valence-corrected chi connectivity index (χ2v) is 4.03. The third-order valence-corrected chi connectivity index (χ3v) is 2.53. The Balaban J connectivity index is 1.99. The molecule has 0 spiro atoms. The van der Waals surface area contributed by atoms with Crippen LogP contribution >= 0.6 is 0 Å². The molecule has 0 bridgehead atoms. The van der Waals surface area contributed by atoms with E-state index in [1.807, 2.05) is 31.2 Å². The average molecular weight is 241 g/mol. The molecule has 0 N–H and O–H groups in total. The number of oxazole rings is 1. The predicted molar refractivity (Wildman–Crippen MR) is 64.7 cm³/mol. The van der Waals surface area contributed by atoms with Crippen LogP contribution in [0.25, 0.3) is 23.0 Å². The summed E-state index contributed by atoms with van der Waals surface area (Å²) in [5.74, 6) is 1.41. The van der Waals surface area contributed by atoms with Gasteiger partial charge in [-0.05, 0) is 19.1 Å². The fraction of sp³-hybridized carbons (Fsp3) is 0.154. The predicted octanol–water partition coefficient (Wildman–Crippen LogP) is 3.01. The van der Waals surface area contributed by atoms with Gasteiger partial charge in [-0.3, -0.25) is 0 Å². The van der Waals surface area contributed by atoms with Gasteiger partial charge in [0.25, 0.3) is 5.89 Å². The zero-order chi connectivity index (χ0) is 12.5. The summed E-state index contributed by atoms with van der Waals surface area (Å²) in [6, 6.07) is 7.89. The van der Waals surface area contributed by atoms with E-state index in [4.69, 9.17) is 8.83 Å². The topological polar surface area (TPSA) is 65.0 Å². The maximum absolute atomic E-state index is 5.58. The number of hydrogen-bond acceptors (Lipinski definition) is 5. The van der Waals surface area contributed by atoms with Gasteiger partial charge in [0.05, 0.1) is 0 Å². The minimum absolute atomic E-state index is 0.364. The molecule has 0 aliphatic heterocycles. The number of hydrogen-bond donors (Lipinski definition) is 0. The molecule has 0 amide bonds. The van der Waals surface area contributed by atoms with E-state index in [1.165, 1.54) is 6.26 Å². The third-order valence-electron chi connectivity index (χ3n) is 2.53. The van der Waals surface area contributed by atoms with Gasteiger partial charge < -0.3 is 8.83 Å². The first kappa shape index (κ1) is 10.7. The molecular formula is C13H11N3O2. The number of aromatic nitrogens is 3. The summed E-state index contributed by atoms with van der Waals surface area (Å²) in [5.41, 5.74) is 2.59. The molecule has 0 unspecified atom stereocenters. The Labute approximate surface area is 103 Å². The minimum atomic E-state index is 0.364. The lowest BCUT2D eigenvalue weighted by atomic mass is 10.1. The summed E-state index contributed by atoms with van der Waals surface area (Å²) >= 11 is 0. The van der Waals surface area contributed by atoms with Gasteiger partial charge in [-0.15, -0.1) is 10.2 Å². The smallest absolute Gasteiger partial charge is 0.269 e. The van der Waals surface area contributed by atoms with Crippen molar-refractivity contribution in [2.45, 2.75) is 13.8 Å². The van der Waals surface area contributed by atoms with Gasteiger partial charge in [0.1, 0.15) is 6.26 Å². The van der Waals surface area contributed by atoms with Crippen molar-refractivity contribution in [1.29, 1.82) is 0 Å². The van der Waals surface area contributed by atoms with Crippen LogP contribution in [0.3, 0.4) is 0 Å². The van der Waals surface area contributed by atoms with Crippen LogP contribution in [0.4, 0.5) is 0 Å². The Hall–Kier alpha value is -2.43. The zero-order valence-corrected chi connectivity index (χ0v) is 10.0. The van der Waals surface area contributed by atoms with Gasteiger partial charge in [-0.1, -0.05) is 17.7 Å². The van der Waals surface area contributed by atoms with Crippen molar-refractivity contribution in [3.8, 4) is 23.0 Å². The fourth-order valence-corrected chi connectivity index (χ4v) is 1.68. The monoisotopic (exact) mass is 241 g/mol. The van der Waals surface area contributed by atoms with Crippen LogP contribution in [-0.4, -0.2) is 15.2 Å². The molecular weight excluding hydrogens is 230 g/mol. The number of rotatable bonds is 2. The molecule has 5 nitrogen and oxygen atoms in total. The lowest BCUT2D eigenvalue weighted by Crippen LogP contribution is -1.78. The Morgan fingerprint density at radius 2 is 1.89 bits per heavy atom. The van der Waals surface area contributed by atoms with Gasteiger partial charge >= 0.3 is 0 Å². The van der Waals surface area contributed by atoms with Crippen LogP contribution in [-0.2, 0) is 0 Å². The van der Waals surface area contributed by atoms with Gasteiger partial charge in [-0.2, -0.15) is 0 Å². The van der Waals surface area contributed by atoms with Gasteiger partial charge in [0.2, 0.25) is 5.89 Å². The van der Waals surface area contributed by atoms with E-state index < -0.39 is 0 Å². The molecule has 1 aromatic carbocycles. The Kier molecular flexibility index (Phi) is 2.44. The highest BCUT2D eigenvalue weighted by Crippen LogP contribution is 2.23. The molecule has 18 heavy (non-hydrogen) atoms. The van der Waals surface area contributed by atoms with E-state index in [1.54, 1.807) is 6.92 Å². The summed E-state index contributed by atoms with van der Waals surface area (Å²) in [7, 11) is 0. The lowest BCUT2D eigenvalue weighted by Gasteiger charge is -1.95. The molecule has 0 saturated carbocycles. The normalized spacial score (nSPS) is 10.8. The number of aryl methyl sites for hydroxylation is 2. The first-order valence-corrected chi connectivity index (χ1v) is 5.55. The Morgan fingerprint density at radius 1 is 1.06 bits per heavy atom. The van der Waals surface area contributed by atoms with E-state index in [0.29, 0.717) is 23.4 Å². The highest BCUT2D eigenvalue weighted by atomic mass is 16.4. The molecule has 0 fully saturated rings. The minimum Gasteiger partial charge on any atom is -0.448 e. The largest absolute Gasteiger partial charge is 0.448 e. The highest BCUT2D eigenvalue weighted by Gasteiger charge is 2.13. The molecule has 0 radical (unpaired) electrons. The zero-order valence-electron chi connectivity index (χ0n) is 10.0. The molecule has 90 valence electrons. The SMILES string of the molecule is Cc1cccc(-c2nnc(-c3coc(C)n3)o2)c1. The molecule has 0 saturated heterocycles. The average Bonchev–Trinajstić information content (AvgIpc) is 2.97. The van der Waals surface area contributed by atoms with Crippen LogP contribution in [0.15, 0.2) is 39.4 Å². The van der Waals surface area contributed by atoms with Crippen LogP contribution in [0, 0.1) is 13.8 Å².